The Morgan fingerprint density at radius 3 is 2.55 bits per heavy atom. The van der Waals surface area contributed by atoms with Crippen LogP contribution < -0.4 is 4.74 Å². The molecule has 170 valence electrons. The molecule has 2 aromatic carbocycles. The maximum atomic E-state index is 12.5. The standard InChI is InChI=1S/C25H27N5O3/c1-32-24-5-3-2-4-22(24)18-33-25(31)29-12-10-28(11-13-29)17-23-15-27-19-30(23)16-21-8-6-20(14-26)7-9-21/h2-9,15,19H,10-13,16-18H2,1H3. The Morgan fingerprint density at radius 2 is 1.82 bits per heavy atom. The van der Waals surface area contributed by atoms with Crippen LogP contribution in [0.25, 0.3) is 0 Å². The lowest BCUT2D eigenvalue weighted by molar-refractivity contribution is 0.0691. The van der Waals surface area contributed by atoms with Crippen molar-refractivity contribution < 1.29 is 14.3 Å². The Labute approximate surface area is 193 Å². The average Bonchev–Trinajstić information content (AvgIpc) is 3.29. The van der Waals surface area contributed by atoms with Gasteiger partial charge in [-0.1, -0.05) is 30.3 Å². The minimum absolute atomic E-state index is 0.192. The number of imidazole rings is 1. The summed E-state index contributed by atoms with van der Waals surface area (Å²) in [6, 6.07) is 17.3. The predicted molar refractivity (Wildman–Crippen MR) is 123 cm³/mol. The van der Waals surface area contributed by atoms with Gasteiger partial charge in [0.2, 0.25) is 0 Å². The minimum Gasteiger partial charge on any atom is -0.496 e. The molecule has 2 heterocycles. The molecule has 8 heteroatoms. The Morgan fingerprint density at radius 1 is 1.06 bits per heavy atom. The number of amides is 1. The molecule has 0 spiro atoms. The van der Waals surface area contributed by atoms with Crippen LogP contribution in [0.2, 0.25) is 0 Å². The summed E-state index contributed by atoms with van der Waals surface area (Å²) in [4.78, 5) is 20.9. The monoisotopic (exact) mass is 445 g/mol. The quantitative estimate of drug-likeness (QED) is 0.555. The highest BCUT2D eigenvalue weighted by Gasteiger charge is 2.23. The van der Waals surface area contributed by atoms with Crippen LogP contribution in [-0.2, 0) is 24.4 Å². The molecule has 4 rings (SSSR count). The zero-order valence-corrected chi connectivity index (χ0v) is 18.7. The summed E-state index contributed by atoms with van der Waals surface area (Å²) < 4.78 is 12.9. The van der Waals surface area contributed by atoms with Gasteiger partial charge in [0.15, 0.2) is 0 Å². The second-order valence-electron chi connectivity index (χ2n) is 7.95. The van der Waals surface area contributed by atoms with Crippen LogP contribution in [0.4, 0.5) is 4.79 Å². The number of hydrogen-bond acceptors (Lipinski definition) is 6. The number of piperazine rings is 1. The van der Waals surface area contributed by atoms with Crippen molar-refractivity contribution in [2.75, 3.05) is 33.3 Å². The number of methoxy groups -OCH3 is 1. The topological polar surface area (TPSA) is 83.6 Å². The number of carbonyl (C=O) groups is 1. The predicted octanol–water partition coefficient (Wildman–Crippen LogP) is 3.27. The number of ether oxygens (including phenoxy) is 2. The van der Waals surface area contributed by atoms with Crippen molar-refractivity contribution >= 4 is 6.09 Å². The van der Waals surface area contributed by atoms with Crippen LogP contribution in [-0.4, -0.2) is 58.7 Å². The highest BCUT2D eigenvalue weighted by molar-refractivity contribution is 5.67. The maximum Gasteiger partial charge on any atom is 0.410 e. The molecule has 1 aliphatic rings. The van der Waals surface area contributed by atoms with E-state index in [1.54, 1.807) is 12.0 Å². The van der Waals surface area contributed by atoms with E-state index in [2.05, 4.69) is 20.5 Å². The van der Waals surface area contributed by atoms with Crippen molar-refractivity contribution in [2.45, 2.75) is 19.7 Å². The molecule has 1 amide bonds. The first-order valence-electron chi connectivity index (χ1n) is 10.9. The molecule has 1 aliphatic heterocycles. The number of nitrogens with zero attached hydrogens (tertiary/aromatic N) is 5. The van der Waals surface area contributed by atoms with E-state index in [4.69, 9.17) is 14.7 Å². The van der Waals surface area contributed by atoms with Crippen molar-refractivity contribution in [3.8, 4) is 11.8 Å². The SMILES string of the molecule is COc1ccccc1COC(=O)N1CCN(Cc2cncn2Cc2ccc(C#N)cc2)CC1. The van der Waals surface area contributed by atoms with Gasteiger partial charge in [0.05, 0.1) is 30.8 Å². The summed E-state index contributed by atoms with van der Waals surface area (Å²) in [5.74, 6) is 0.715. The number of aromatic nitrogens is 2. The molecule has 0 bridgehead atoms. The second kappa shape index (κ2) is 10.7. The fraction of sp³-hybridized carbons (Fsp3) is 0.320. The van der Waals surface area contributed by atoms with Crippen LogP contribution in [0.3, 0.4) is 0 Å². The van der Waals surface area contributed by atoms with Crippen LogP contribution >= 0.6 is 0 Å². The number of rotatable bonds is 7. The molecular weight excluding hydrogens is 418 g/mol. The second-order valence-corrected chi connectivity index (χ2v) is 7.95. The highest BCUT2D eigenvalue weighted by Crippen LogP contribution is 2.19. The van der Waals surface area contributed by atoms with Gasteiger partial charge in [-0.2, -0.15) is 5.26 Å². The minimum atomic E-state index is -0.300. The lowest BCUT2D eigenvalue weighted by atomic mass is 10.1. The number of hydrogen-bond donors (Lipinski definition) is 0. The first kappa shape index (κ1) is 22.4. The third-order valence-corrected chi connectivity index (χ3v) is 5.79. The van der Waals surface area contributed by atoms with Gasteiger partial charge in [0.25, 0.3) is 0 Å². The first-order valence-corrected chi connectivity index (χ1v) is 10.9. The van der Waals surface area contributed by atoms with E-state index in [0.29, 0.717) is 30.9 Å². The summed E-state index contributed by atoms with van der Waals surface area (Å²) in [7, 11) is 1.61. The Hall–Kier alpha value is -3.83. The van der Waals surface area contributed by atoms with Gasteiger partial charge in [-0.05, 0) is 23.8 Å². The highest BCUT2D eigenvalue weighted by atomic mass is 16.6. The molecule has 1 aromatic heterocycles. The van der Waals surface area contributed by atoms with Crippen molar-refractivity contribution in [1.82, 2.24) is 19.4 Å². The summed E-state index contributed by atoms with van der Waals surface area (Å²) in [6.45, 7) is 4.44. The molecule has 8 nitrogen and oxygen atoms in total. The van der Waals surface area contributed by atoms with Gasteiger partial charge < -0.3 is 18.9 Å². The number of benzene rings is 2. The smallest absolute Gasteiger partial charge is 0.410 e. The van der Waals surface area contributed by atoms with E-state index in [1.165, 1.54) is 0 Å². The van der Waals surface area contributed by atoms with Crippen molar-refractivity contribution in [2.24, 2.45) is 0 Å². The zero-order chi connectivity index (χ0) is 23.0. The Bertz CT molecular complexity index is 1110. The summed E-state index contributed by atoms with van der Waals surface area (Å²) in [6.07, 6.45) is 3.42. The summed E-state index contributed by atoms with van der Waals surface area (Å²) in [5, 5.41) is 8.96. The Kier molecular flexibility index (Phi) is 7.22. The van der Waals surface area contributed by atoms with E-state index in [-0.39, 0.29) is 12.7 Å². The molecule has 3 aromatic rings. The van der Waals surface area contributed by atoms with Gasteiger partial charge in [0.1, 0.15) is 12.4 Å². The molecule has 1 saturated heterocycles. The maximum absolute atomic E-state index is 12.5. The van der Waals surface area contributed by atoms with Gasteiger partial charge in [-0.25, -0.2) is 9.78 Å². The molecule has 0 unspecified atom stereocenters. The molecule has 33 heavy (non-hydrogen) atoms. The van der Waals surface area contributed by atoms with E-state index >= 15 is 0 Å². The van der Waals surface area contributed by atoms with Crippen LogP contribution in [0.15, 0.2) is 61.1 Å². The van der Waals surface area contributed by atoms with Crippen molar-refractivity contribution in [1.29, 1.82) is 5.26 Å². The molecule has 0 radical (unpaired) electrons. The van der Waals surface area contributed by atoms with Crippen LogP contribution in [0.1, 0.15) is 22.4 Å². The fourth-order valence-corrected chi connectivity index (χ4v) is 3.87. The van der Waals surface area contributed by atoms with Gasteiger partial charge in [-0.15, -0.1) is 0 Å². The summed E-state index contributed by atoms with van der Waals surface area (Å²) >= 11 is 0. The van der Waals surface area contributed by atoms with Crippen LogP contribution in [0, 0.1) is 11.3 Å². The largest absolute Gasteiger partial charge is 0.496 e. The molecule has 0 N–H and O–H groups in total. The van der Waals surface area contributed by atoms with E-state index in [9.17, 15) is 4.79 Å². The van der Waals surface area contributed by atoms with E-state index < -0.39 is 0 Å². The molecule has 0 atom stereocenters. The van der Waals surface area contributed by atoms with Crippen LogP contribution in [0.5, 0.6) is 5.75 Å². The third kappa shape index (κ3) is 5.70. The number of para-hydroxylation sites is 1. The van der Waals surface area contributed by atoms with Gasteiger partial charge >= 0.3 is 6.09 Å². The van der Waals surface area contributed by atoms with E-state index in [0.717, 1.165) is 36.5 Å². The Balaban J connectivity index is 1.26. The number of carbonyl (C=O) groups excluding carboxylic acids is 1. The first-order chi connectivity index (χ1) is 16.2. The lowest BCUT2D eigenvalue weighted by Gasteiger charge is -2.34. The fourth-order valence-electron chi connectivity index (χ4n) is 3.87. The van der Waals surface area contributed by atoms with Gasteiger partial charge in [0, 0.05) is 51.0 Å². The van der Waals surface area contributed by atoms with E-state index in [1.807, 2.05) is 61.1 Å². The van der Waals surface area contributed by atoms with Gasteiger partial charge in [-0.3, -0.25) is 4.90 Å². The average molecular weight is 446 g/mol. The summed E-state index contributed by atoms with van der Waals surface area (Å²) in [5.41, 5.74) is 3.74. The molecule has 0 aliphatic carbocycles. The molecule has 1 fully saturated rings. The van der Waals surface area contributed by atoms with Crippen molar-refractivity contribution in [3.05, 3.63) is 83.4 Å². The van der Waals surface area contributed by atoms with Crippen molar-refractivity contribution in [3.63, 3.8) is 0 Å². The normalized spacial score (nSPS) is 14.0. The zero-order valence-electron chi connectivity index (χ0n) is 18.7. The molecular formula is C25H27N5O3. The number of nitriles is 1. The third-order valence-electron chi connectivity index (χ3n) is 5.79. The lowest BCUT2D eigenvalue weighted by Crippen LogP contribution is -2.48. The molecule has 0 saturated carbocycles.